The van der Waals surface area contributed by atoms with Gasteiger partial charge in [-0.3, -0.25) is 14.2 Å². The van der Waals surface area contributed by atoms with Crippen LogP contribution in [0.3, 0.4) is 0 Å². The molecular weight excluding hydrogens is 384 g/mol. The molecule has 0 bridgehead atoms. The normalized spacial score (nSPS) is 10.8. The molecule has 4 rings (SSSR count). The molecular formula is C22H18N4O2S. The van der Waals surface area contributed by atoms with E-state index in [2.05, 4.69) is 15.3 Å². The molecule has 0 saturated heterocycles. The lowest BCUT2D eigenvalue weighted by atomic mass is 10.2. The summed E-state index contributed by atoms with van der Waals surface area (Å²) < 4.78 is 1.52. The van der Waals surface area contributed by atoms with Crippen molar-refractivity contribution >= 4 is 34.4 Å². The molecule has 0 fully saturated rings. The maximum Gasteiger partial charge on any atom is 0.268 e. The number of thioether (sulfide) groups is 1. The van der Waals surface area contributed by atoms with Crippen LogP contribution in [0.2, 0.25) is 0 Å². The van der Waals surface area contributed by atoms with E-state index in [4.69, 9.17) is 0 Å². The van der Waals surface area contributed by atoms with Crippen LogP contribution in [0.15, 0.2) is 82.9 Å². The van der Waals surface area contributed by atoms with E-state index in [0.717, 1.165) is 11.3 Å². The predicted octanol–water partition coefficient (Wildman–Crippen LogP) is 3.82. The van der Waals surface area contributed by atoms with E-state index in [1.54, 1.807) is 18.3 Å². The van der Waals surface area contributed by atoms with Gasteiger partial charge >= 0.3 is 0 Å². The first kappa shape index (κ1) is 18.9. The van der Waals surface area contributed by atoms with Gasteiger partial charge in [0.05, 0.1) is 16.8 Å². The molecule has 0 atom stereocenters. The molecule has 2 heterocycles. The summed E-state index contributed by atoms with van der Waals surface area (Å²) in [6.45, 7) is 1.94. The van der Waals surface area contributed by atoms with E-state index < -0.39 is 0 Å². The van der Waals surface area contributed by atoms with Crippen molar-refractivity contribution in [2.24, 2.45) is 0 Å². The fourth-order valence-electron chi connectivity index (χ4n) is 2.93. The molecule has 2 aromatic carbocycles. The lowest BCUT2D eigenvalue weighted by Crippen LogP contribution is -2.23. The van der Waals surface area contributed by atoms with Crippen LogP contribution in [0.5, 0.6) is 0 Å². The number of nitrogens with zero attached hydrogens (tertiary/aromatic N) is 3. The van der Waals surface area contributed by atoms with Crippen molar-refractivity contribution in [3.8, 4) is 5.69 Å². The highest BCUT2D eigenvalue weighted by molar-refractivity contribution is 7.99. The Kier molecular flexibility index (Phi) is 5.39. The second-order valence-corrected chi connectivity index (χ2v) is 7.34. The van der Waals surface area contributed by atoms with E-state index in [9.17, 15) is 9.59 Å². The smallest absolute Gasteiger partial charge is 0.268 e. The zero-order valence-electron chi connectivity index (χ0n) is 15.7. The highest BCUT2D eigenvalue weighted by Gasteiger charge is 2.15. The Morgan fingerprint density at radius 1 is 1.03 bits per heavy atom. The molecule has 0 unspecified atom stereocenters. The molecule has 0 aliphatic carbocycles. The van der Waals surface area contributed by atoms with E-state index in [1.807, 2.05) is 61.5 Å². The molecule has 29 heavy (non-hydrogen) atoms. The lowest BCUT2D eigenvalue weighted by molar-refractivity contribution is -0.113. The molecule has 4 aromatic rings. The number of hydrogen-bond donors (Lipinski definition) is 1. The first-order chi connectivity index (χ1) is 14.1. The first-order valence-electron chi connectivity index (χ1n) is 9.05. The number of hydrogen-bond acceptors (Lipinski definition) is 5. The molecule has 0 aliphatic rings. The number of benzene rings is 2. The van der Waals surface area contributed by atoms with Gasteiger partial charge in [-0.2, -0.15) is 0 Å². The van der Waals surface area contributed by atoms with Crippen LogP contribution in [-0.4, -0.2) is 26.2 Å². The Balaban J connectivity index is 1.67. The Morgan fingerprint density at radius 2 is 1.79 bits per heavy atom. The summed E-state index contributed by atoms with van der Waals surface area (Å²) in [5.41, 5.74) is 2.60. The van der Waals surface area contributed by atoms with E-state index >= 15 is 0 Å². The van der Waals surface area contributed by atoms with Crippen LogP contribution in [0.25, 0.3) is 16.7 Å². The third kappa shape index (κ3) is 4.05. The topological polar surface area (TPSA) is 76.9 Å². The molecule has 0 saturated carbocycles. The number of carbonyl (C=O) groups excluding carboxylic acids is 1. The maximum absolute atomic E-state index is 13.1. The van der Waals surface area contributed by atoms with Gasteiger partial charge in [-0.1, -0.05) is 48.2 Å². The van der Waals surface area contributed by atoms with E-state index in [-0.39, 0.29) is 17.2 Å². The average molecular weight is 402 g/mol. The summed E-state index contributed by atoms with van der Waals surface area (Å²) in [7, 11) is 0. The Labute approximate surface area is 171 Å². The second-order valence-electron chi connectivity index (χ2n) is 6.40. The van der Waals surface area contributed by atoms with Gasteiger partial charge in [-0.15, -0.1) is 0 Å². The Bertz CT molecular complexity index is 1240. The van der Waals surface area contributed by atoms with Crippen molar-refractivity contribution in [2.75, 3.05) is 11.1 Å². The van der Waals surface area contributed by atoms with Crippen molar-refractivity contribution in [1.29, 1.82) is 0 Å². The van der Waals surface area contributed by atoms with Crippen LogP contribution in [0, 0.1) is 6.92 Å². The molecule has 0 spiro atoms. The van der Waals surface area contributed by atoms with Gasteiger partial charge in [-0.25, -0.2) is 9.97 Å². The molecule has 7 heteroatoms. The molecule has 1 N–H and O–H groups in total. The third-order valence-corrected chi connectivity index (χ3v) is 5.32. The number of rotatable bonds is 5. The zero-order chi connectivity index (χ0) is 20.2. The zero-order valence-corrected chi connectivity index (χ0v) is 16.5. The van der Waals surface area contributed by atoms with Gasteiger partial charge in [0.2, 0.25) is 5.91 Å². The van der Waals surface area contributed by atoms with Gasteiger partial charge in [0.1, 0.15) is 0 Å². The average Bonchev–Trinajstić information content (AvgIpc) is 2.75. The summed E-state index contributed by atoms with van der Waals surface area (Å²) in [6, 6.07) is 20.3. The SMILES string of the molecule is Cc1ccccc1NC(=O)CSc1nc2ncccc2c(=O)n1-c1ccccc1. The van der Waals surface area contributed by atoms with E-state index in [1.165, 1.54) is 16.3 Å². The molecule has 144 valence electrons. The molecule has 0 aliphatic heterocycles. The summed E-state index contributed by atoms with van der Waals surface area (Å²) >= 11 is 1.20. The number of para-hydroxylation sites is 2. The van der Waals surface area contributed by atoms with Gasteiger partial charge in [-0.05, 0) is 42.8 Å². The summed E-state index contributed by atoms with van der Waals surface area (Å²) in [5, 5.41) is 3.76. The minimum atomic E-state index is -0.212. The predicted molar refractivity (Wildman–Crippen MR) is 116 cm³/mol. The summed E-state index contributed by atoms with van der Waals surface area (Å²) in [5.74, 6) is -0.0503. The molecule has 0 radical (unpaired) electrons. The van der Waals surface area contributed by atoms with Crippen molar-refractivity contribution in [2.45, 2.75) is 12.1 Å². The fraction of sp³-hybridized carbons (Fsp3) is 0.0909. The number of carbonyl (C=O) groups is 1. The minimum Gasteiger partial charge on any atom is -0.325 e. The number of pyridine rings is 1. The molecule has 6 nitrogen and oxygen atoms in total. The molecule has 2 aromatic heterocycles. The maximum atomic E-state index is 13.1. The van der Waals surface area contributed by atoms with Crippen LogP contribution in [0.4, 0.5) is 5.69 Å². The standard InChI is InChI=1S/C22H18N4O2S/c1-15-8-5-6-12-18(15)24-19(27)14-29-22-25-20-17(11-7-13-23-20)21(28)26(22)16-9-3-2-4-10-16/h2-13H,14H2,1H3,(H,24,27). The van der Waals surface area contributed by atoms with Crippen LogP contribution < -0.4 is 10.9 Å². The quantitative estimate of drug-likeness (QED) is 0.406. The van der Waals surface area contributed by atoms with Crippen LogP contribution >= 0.6 is 11.8 Å². The number of amides is 1. The Morgan fingerprint density at radius 3 is 2.59 bits per heavy atom. The summed E-state index contributed by atoms with van der Waals surface area (Å²) in [4.78, 5) is 34.3. The van der Waals surface area contributed by atoms with Crippen LogP contribution in [-0.2, 0) is 4.79 Å². The number of aryl methyl sites for hydroxylation is 1. The van der Waals surface area contributed by atoms with Crippen molar-refractivity contribution in [3.05, 3.63) is 88.8 Å². The largest absolute Gasteiger partial charge is 0.325 e. The lowest BCUT2D eigenvalue weighted by Gasteiger charge is -2.13. The summed E-state index contributed by atoms with van der Waals surface area (Å²) in [6.07, 6.45) is 1.60. The second kappa shape index (κ2) is 8.28. The van der Waals surface area contributed by atoms with Crippen molar-refractivity contribution < 1.29 is 4.79 Å². The van der Waals surface area contributed by atoms with Gasteiger partial charge in [0.15, 0.2) is 10.8 Å². The third-order valence-electron chi connectivity index (χ3n) is 4.38. The van der Waals surface area contributed by atoms with Crippen LogP contribution in [0.1, 0.15) is 5.56 Å². The van der Waals surface area contributed by atoms with E-state index in [0.29, 0.717) is 21.9 Å². The number of fused-ring (bicyclic) bond motifs is 1. The number of aromatic nitrogens is 3. The minimum absolute atomic E-state index is 0.117. The molecule has 1 amide bonds. The highest BCUT2D eigenvalue weighted by Crippen LogP contribution is 2.21. The van der Waals surface area contributed by atoms with Crippen molar-refractivity contribution in [1.82, 2.24) is 14.5 Å². The fourth-order valence-corrected chi connectivity index (χ4v) is 3.73. The number of nitrogens with one attached hydrogen (secondary N) is 1. The monoisotopic (exact) mass is 402 g/mol. The first-order valence-corrected chi connectivity index (χ1v) is 10.0. The van der Waals surface area contributed by atoms with Gasteiger partial charge in [0.25, 0.3) is 5.56 Å². The van der Waals surface area contributed by atoms with Crippen molar-refractivity contribution in [3.63, 3.8) is 0 Å². The Hall–Kier alpha value is -3.45. The van der Waals surface area contributed by atoms with Gasteiger partial charge < -0.3 is 5.32 Å². The highest BCUT2D eigenvalue weighted by atomic mass is 32.2. The number of anilines is 1. The van der Waals surface area contributed by atoms with Gasteiger partial charge in [0, 0.05) is 11.9 Å².